The zero-order chi connectivity index (χ0) is 19.8. The van der Waals surface area contributed by atoms with Gasteiger partial charge < -0.3 is 4.74 Å². The number of benzene rings is 2. The maximum Gasteiger partial charge on any atom is 0.311 e. The van der Waals surface area contributed by atoms with Gasteiger partial charge in [0.25, 0.3) is 5.24 Å². The highest BCUT2D eigenvalue weighted by molar-refractivity contribution is 6.67. The lowest BCUT2D eigenvalue weighted by Gasteiger charge is -2.15. The molecule has 0 fully saturated rings. The maximum atomic E-state index is 11.5. The van der Waals surface area contributed by atoms with Crippen LogP contribution in [-0.4, -0.2) is 16.3 Å². The molecule has 27 heavy (non-hydrogen) atoms. The molecule has 144 valence electrons. The van der Waals surface area contributed by atoms with Crippen LogP contribution in [0.3, 0.4) is 0 Å². The lowest BCUT2D eigenvalue weighted by Crippen LogP contribution is -2.12. The fourth-order valence-electron chi connectivity index (χ4n) is 2.87. The Labute approximate surface area is 164 Å². The summed E-state index contributed by atoms with van der Waals surface area (Å²) in [6.45, 7) is 4.09. The molecule has 1 atom stereocenters. The van der Waals surface area contributed by atoms with Crippen LogP contribution in [0.15, 0.2) is 42.5 Å². The van der Waals surface area contributed by atoms with Crippen LogP contribution in [-0.2, 0) is 0 Å². The molecular weight excluding hydrogens is 366 g/mol. The Morgan fingerprint density at radius 2 is 1.78 bits per heavy atom. The molecule has 0 amide bonds. The van der Waals surface area contributed by atoms with E-state index in [9.17, 15) is 14.9 Å². The molecule has 2 aromatic rings. The number of rotatable bonds is 10. The predicted octanol–water partition coefficient (Wildman–Crippen LogP) is 6.38. The number of halogens is 1. The first kappa shape index (κ1) is 20.9. The van der Waals surface area contributed by atoms with E-state index in [4.69, 9.17) is 16.3 Å². The maximum absolute atomic E-state index is 11.5. The zero-order valence-electron chi connectivity index (χ0n) is 15.6. The van der Waals surface area contributed by atoms with Crippen molar-refractivity contribution in [2.24, 2.45) is 0 Å². The van der Waals surface area contributed by atoms with Gasteiger partial charge in [-0.1, -0.05) is 44.4 Å². The lowest BCUT2D eigenvalue weighted by atomic mass is 10.0. The van der Waals surface area contributed by atoms with E-state index in [0.717, 1.165) is 24.8 Å². The number of nitro benzene ring substituents is 1. The highest BCUT2D eigenvalue weighted by Crippen LogP contribution is 2.33. The molecule has 6 heteroatoms. The largest absolute Gasteiger partial charge is 0.484 e. The summed E-state index contributed by atoms with van der Waals surface area (Å²) in [5.74, 6) is 0.277. The Morgan fingerprint density at radius 3 is 2.37 bits per heavy atom. The molecule has 0 radical (unpaired) electrons. The monoisotopic (exact) mass is 389 g/mol. The Kier molecular flexibility index (Phi) is 7.80. The summed E-state index contributed by atoms with van der Waals surface area (Å²) in [4.78, 5) is 22.2. The first-order valence-corrected chi connectivity index (χ1v) is 9.55. The second kappa shape index (κ2) is 10.1. The van der Waals surface area contributed by atoms with Gasteiger partial charge in [-0.05, 0) is 60.7 Å². The summed E-state index contributed by atoms with van der Waals surface area (Å²) >= 11 is 5.45. The molecule has 0 aliphatic rings. The first-order chi connectivity index (χ1) is 12.9. The molecule has 0 saturated heterocycles. The number of carbonyl (C=O) groups excluding carboxylic acids is 1. The van der Waals surface area contributed by atoms with E-state index in [2.05, 4.69) is 6.92 Å². The van der Waals surface area contributed by atoms with Gasteiger partial charge >= 0.3 is 5.69 Å². The number of ether oxygens (including phenoxy) is 1. The van der Waals surface area contributed by atoms with Crippen LogP contribution in [0.4, 0.5) is 5.69 Å². The molecule has 0 aliphatic heterocycles. The van der Waals surface area contributed by atoms with E-state index in [-0.39, 0.29) is 17.5 Å². The van der Waals surface area contributed by atoms with E-state index < -0.39 is 10.2 Å². The second-order valence-corrected chi connectivity index (χ2v) is 6.91. The Morgan fingerprint density at radius 1 is 1.11 bits per heavy atom. The first-order valence-electron chi connectivity index (χ1n) is 9.17. The minimum absolute atomic E-state index is 0.0644. The molecule has 0 heterocycles. The number of nitrogens with zero attached hydrogens (tertiary/aromatic N) is 1. The number of carbonyl (C=O) groups is 1. The highest BCUT2D eigenvalue weighted by atomic mass is 35.5. The van der Waals surface area contributed by atoms with Gasteiger partial charge in [-0.15, -0.1) is 0 Å². The van der Waals surface area contributed by atoms with E-state index in [1.807, 2.05) is 6.92 Å². The smallest absolute Gasteiger partial charge is 0.311 e. The molecule has 0 spiro atoms. The summed E-state index contributed by atoms with van der Waals surface area (Å²) in [6, 6.07) is 11.5. The fraction of sp³-hybridized carbons (Fsp3) is 0.381. The van der Waals surface area contributed by atoms with Gasteiger partial charge in [-0.2, -0.15) is 0 Å². The van der Waals surface area contributed by atoms with E-state index in [0.29, 0.717) is 11.1 Å². The number of hydrogen-bond acceptors (Lipinski definition) is 4. The van der Waals surface area contributed by atoms with Crippen LogP contribution in [0.25, 0.3) is 11.1 Å². The van der Waals surface area contributed by atoms with E-state index in [1.54, 1.807) is 36.4 Å². The molecule has 2 rings (SSSR count). The minimum atomic E-state index is -0.538. The topological polar surface area (TPSA) is 69.4 Å². The van der Waals surface area contributed by atoms with Gasteiger partial charge in [0.05, 0.1) is 11.0 Å². The number of unbranched alkanes of at least 4 members (excludes halogenated alkanes) is 3. The number of nitro groups is 1. The van der Waals surface area contributed by atoms with Crippen LogP contribution >= 0.6 is 11.6 Å². The van der Waals surface area contributed by atoms with Gasteiger partial charge in [0.1, 0.15) is 0 Å². The van der Waals surface area contributed by atoms with Crippen molar-refractivity contribution in [2.75, 3.05) is 0 Å². The van der Waals surface area contributed by atoms with Crippen molar-refractivity contribution in [1.82, 2.24) is 0 Å². The van der Waals surface area contributed by atoms with Crippen molar-refractivity contribution in [3.8, 4) is 16.9 Å². The summed E-state index contributed by atoms with van der Waals surface area (Å²) in [6.07, 6.45) is 5.34. The molecule has 2 aromatic carbocycles. The third-order valence-corrected chi connectivity index (χ3v) is 4.61. The quantitative estimate of drug-likeness (QED) is 0.204. The van der Waals surface area contributed by atoms with Gasteiger partial charge in [-0.3, -0.25) is 14.9 Å². The van der Waals surface area contributed by atoms with Crippen LogP contribution in [0.5, 0.6) is 5.75 Å². The van der Waals surface area contributed by atoms with Crippen molar-refractivity contribution in [1.29, 1.82) is 0 Å². The molecule has 0 bridgehead atoms. The molecule has 0 aliphatic carbocycles. The van der Waals surface area contributed by atoms with Crippen LogP contribution < -0.4 is 4.74 Å². The summed E-state index contributed by atoms with van der Waals surface area (Å²) < 4.78 is 5.82. The predicted molar refractivity (Wildman–Crippen MR) is 108 cm³/mol. The van der Waals surface area contributed by atoms with Crippen LogP contribution in [0, 0.1) is 10.1 Å². The molecular formula is C21H24ClNO4. The van der Waals surface area contributed by atoms with E-state index in [1.165, 1.54) is 18.9 Å². The Bertz CT molecular complexity index is 789. The normalized spacial score (nSPS) is 11.8. The minimum Gasteiger partial charge on any atom is -0.484 e. The van der Waals surface area contributed by atoms with Gasteiger partial charge in [0.15, 0.2) is 5.75 Å². The Balaban J connectivity index is 2.16. The zero-order valence-corrected chi connectivity index (χ0v) is 16.4. The van der Waals surface area contributed by atoms with Crippen molar-refractivity contribution < 1.29 is 14.5 Å². The van der Waals surface area contributed by atoms with Crippen molar-refractivity contribution >= 4 is 22.5 Å². The van der Waals surface area contributed by atoms with E-state index >= 15 is 0 Å². The lowest BCUT2D eigenvalue weighted by molar-refractivity contribution is -0.386. The standard InChI is InChI=1S/C21H24ClNO4/c1-3-4-5-6-7-15(2)27-20-13-12-18(14-19(20)23(25)26)16-8-10-17(11-9-16)21(22)24/h8-15H,3-7H2,1-2H3/t15-/m0/s1. The fourth-order valence-corrected chi connectivity index (χ4v) is 2.99. The summed E-state index contributed by atoms with van der Waals surface area (Å²) in [5.41, 5.74) is 1.76. The average molecular weight is 390 g/mol. The molecule has 0 unspecified atom stereocenters. The van der Waals surface area contributed by atoms with Crippen molar-refractivity contribution in [2.45, 2.75) is 52.1 Å². The Hall–Kier alpha value is -2.40. The van der Waals surface area contributed by atoms with Crippen LogP contribution in [0.2, 0.25) is 0 Å². The van der Waals surface area contributed by atoms with Gasteiger partial charge in [0, 0.05) is 11.6 Å². The van der Waals surface area contributed by atoms with Crippen LogP contribution in [0.1, 0.15) is 56.3 Å². The third-order valence-electron chi connectivity index (χ3n) is 4.39. The van der Waals surface area contributed by atoms with Crippen molar-refractivity contribution in [3.63, 3.8) is 0 Å². The second-order valence-electron chi connectivity index (χ2n) is 6.57. The molecule has 0 saturated carbocycles. The van der Waals surface area contributed by atoms with Gasteiger partial charge in [-0.25, -0.2) is 0 Å². The molecule has 5 nitrogen and oxygen atoms in total. The van der Waals surface area contributed by atoms with Crippen molar-refractivity contribution in [3.05, 3.63) is 58.1 Å². The summed E-state index contributed by atoms with van der Waals surface area (Å²) in [5, 5.41) is 11.0. The van der Waals surface area contributed by atoms with Gasteiger partial charge in [0.2, 0.25) is 0 Å². The molecule has 0 aromatic heterocycles. The average Bonchev–Trinajstić information content (AvgIpc) is 2.65. The third kappa shape index (κ3) is 6.07. The highest BCUT2D eigenvalue weighted by Gasteiger charge is 2.19. The SMILES string of the molecule is CCCCCC[C@H](C)Oc1ccc(-c2ccc(C(=O)Cl)cc2)cc1[N+](=O)[O-]. The molecule has 0 N–H and O–H groups in total. The number of hydrogen-bond donors (Lipinski definition) is 0. The summed E-state index contributed by atoms with van der Waals surface area (Å²) in [7, 11) is 0.